The van der Waals surface area contributed by atoms with Crippen LogP contribution in [0.3, 0.4) is 0 Å². The molecule has 0 fully saturated rings. The number of halogens is 1. The summed E-state index contributed by atoms with van der Waals surface area (Å²) in [6.07, 6.45) is 1.79. The van der Waals surface area contributed by atoms with Crippen LogP contribution in [0.1, 0.15) is 26.4 Å². The van der Waals surface area contributed by atoms with E-state index in [1.54, 1.807) is 34.9 Å². The van der Waals surface area contributed by atoms with Gasteiger partial charge in [0.1, 0.15) is 0 Å². The molecular weight excluding hydrogens is 346 g/mol. The highest BCUT2D eigenvalue weighted by molar-refractivity contribution is 9.10. The van der Waals surface area contributed by atoms with Crippen LogP contribution in [0.5, 0.6) is 0 Å². The molecule has 0 aliphatic rings. The predicted octanol–water partition coefficient (Wildman–Crippen LogP) is 3.72. The molecule has 0 spiro atoms. The lowest BCUT2D eigenvalue weighted by Crippen LogP contribution is -2.11. The van der Waals surface area contributed by atoms with Gasteiger partial charge in [0.05, 0.1) is 18.4 Å². The van der Waals surface area contributed by atoms with E-state index in [0.29, 0.717) is 16.8 Å². The van der Waals surface area contributed by atoms with Gasteiger partial charge >= 0.3 is 5.97 Å². The van der Waals surface area contributed by atoms with Crippen molar-refractivity contribution in [3.05, 3.63) is 76.0 Å². The highest BCUT2D eigenvalue weighted by Gasteiger charge is 2.16. The van der Waals surface area contributed by atoms with Gasteiger partial charge in [0, 0.05) is 21.7 Å². The molecule has 1 aromatic carbocycles. The second kappa shape index (κ2) is 5.77. The highest BCUT2D eigenvalue weighted by atomic mass is 79.9. The first-order chi connectivity index (χ1) is 10.6. The molecule has 0 radical (unpaired) electrons. The van der Waals surface area contributed by atoms with Crippen molar-refractivity contribution in [1.29, 1.82) is 0 Å². The van der Waals surface area contributed by atoms with Gasteiger partial charge in [-0.05, 0) is 48.5 Å². The molecule has 5 heteroatoms. The van der Waals surface area contributed by atoms with Gasteiger partial charge in [-0.15, -0.1) is 0 Å². The number of methoxy groups -OCH3 is 1. The second-order valence-corrected chi connectivity index (χ2v) is 5.68. The number of carbonyl (C=O) groups is 2. The predicted molar refractivity (Wildman–Crippen MR) is 86.3 cm³/mol. The van der Waals surface area contributed by atoms with Crippen LogP contribution in [0, 0.1) is 0 Å². The standard InChI is InChI=1S/C17H12BrNO3/c1-22-17(21)12-9-14-3-2-8-19(14)15(10-12)16(20)11-4-6-13(18)7-5-11/h2-10H,1H3. The maximum atomic E-state index is 12.7. The van der Waals surface area contributed by atoms with Crippen molar-refractivity contribution in [3.8, 4) is 0 Å². The first-order valence-electron chi connectivity index (χ1n) is 6.60. The Morgan fingerprint density at radius 2 is 1.77 bits per heavy atom. The quantitative estimate of drug-likeness (QED) is 0.530. The SMILES string of the molecule is COC(=O)c1cc(C(=O)c2ccc(Br)cc2)n2cccc2c1. The van der Waals surface area contributed by atoms with E-state index in [1.165, 1.54) is 7.11 Å². The zero-order valence-corrected chi connectivity index (χ0v) is 13.3. The number of benzene rings is 1. The minimum atomic E-state index is -0.464. The van der Waals surface area contributed by atoms with Crippen LogP contribution >= 0.6 is 15.9 Å². The smallest absolute Gasteiger partial charge is 0.338 e. The van der Waals surface area contributed by atoms with E-state index in [1.807, 2.05) is 24.3 Å². The van der Waals surface area contributed by atoms with Crippen LogP contribution < -0.4 is 0 Å². The van der Waals surface area contributed by atoms with E-state index in [9.17, 15) is 9.59 Å². The molecule has 0 atom stereocenters. The van der Waals surface area contributed by atoms with Gasteiger partial charge < -0.3 is 9.14 Å². The monoisotopic (exact) mass is 357 g/mol. The summed E-state index contributed by atoms with van der Waals surface area (Å²) in [6, 6.07) is 14.0. The molecule has 22 heavy (non-hydrogen) atoms. The lowest BCUT2D eigenvalue weighted by atomic mass is 10.1. The molecule has 2 heterocycles. The van der Waals surface area contributed by atoms with Gasteiger partial charge in [-0.3, -0.25) is 4.79 Å². The number of ketones is 1. The molecule has 0 aliphatic carbocycles. The van der Waals surface area contributed by atoms with Crippen LogP contribution in [0.15, 0.2) is 59.2 Å². The first-order valence-corrected chi connectivity index (χ1v) is 7.39. The van der Waals surface area contributed by atoms with Gasteiger partial charge in [-0.25, -0.2) is 4.79 Å². The van der Waals surface area contributed by atoms with Crippen molar-refractivity contribution < 1.29 is 14.3 Å². The van der Waals surface area contributed by atoms with Crippen LogP contribution in [-0.4, -0.2) is 23.3 Å². The Morgan fingerprint density at radius 1 is 1.05 bits per heavy atom. The van der Waals surface area contributed by atoms with Crippen molar-refractivity contribution in [2.24, 2.45) is 0 Å². The molecule has 0 bridgehead atoms. The number of pyridine rings is 1. The molecular formula is C17H12BrNO3. The molecule has 0 amide bonds. The third kappa shape index (κ3) is 2.55. The number of nitrogens with zero attached hydrogens (tertiary/aromatic N) is 1. The number of carbonyl (C=O) groups excluding carboxylic acids is 2. The summed E-state index contributed by atoms with van der Waals surface area (Å²) < 4.78 is 7.41. The molecule has 0 saturated carbocycles. The molecule has 3 rings (SSSR count). The van der Waals surface area contributed by atoms with E-state index in [-0.39, 0.29) is 5.78 Å². The molecule has 3 aromatic rings. The van der Waals surface area contributed by atoms with Gasteiger partial charge in [0.25, 0.3) is 0 Å². The molecule has 0 unspecified atom stereocenters. The lowest BCUT2D eigenvalue weighted by molar-refractivity contribution is 0.0600. The van der Waals surface area contributed by atoms with E-state index in [4.69, 9.17) is 4.74 Å². The minimum absolute atomic E-state index is 0.153. The topological polar surface area (TPSA) is 47.8 Å². The number of ether oxygens (including phenoxy) is 1. The summed E-state index contributed by atoms with van der Waals surface area (Å²) in [5.74, 6) is -0.618. The zero-order valence-electron chi connectivity index (χ0n) is 11.7. The third-order valence-electron chi connectivity index (χ3n) is 3.40. The van der Waals surface area contributed by atoms with Gasteiger partial charge in [-0.2, -0.15) is 0 Å². The molecule has 2 aromatic heterocycles. The fourth-order valence-electron chi connectivity index (χ4n) is 2.31. The van der Waals surface area contributed by atoms with E-state index in [0.717, 1.165) is 9.99 Å². The number of aromatic nitrogens is 1. The van der Waals surface area contributed by atoms with Crippen molar-refractivity contribution in [3.63, 3.8) is 0 Å². The fourth-order valence-corrected chi connectivity index (χ4v) is 2.57. The summed E-state index contributed by atoms with van der Waals surface area (Å²) >= 11 is 3.35. The van der Waals surface area contributed by atoms with Crippen molar-refractivity contribution in [2.45, 2.75) is 0 Å². The van der Waals surface area contributed by atoms with E-state index >= 15 is 0 Å². The fraction of sp³-hybridized carbons (Fsp3) is 0.0588. The second-order valence-electron chi connectivity index (χ2n) is 4.76. The summed E-state index contributed by atoms with van der Waals surface area (Å²) in [5.41, 5.74) is 2.10. The number of esters is 1. The Hall–Kier alpha value is -2.40. The largest absolute Gasteiger partial charge is 0.465 e. The van der Waals surface area contributed by atoms with Crippen LogP contribution in [0.4, 0.5) is 0 Å². The lowest BCUT2D eigenvalue weighted by Gasteiger charge is -2.08. The normalized spacial score (nSPS) is 10.6. The summed E-state index contributed by atoms with van der Waals surface area (Å²) in [5, 5.41) is 0. The van der Waals surface area contributed by atoms with Gasteiger partial charge in [-0.1, -0.05) is 15.9 Å². The van der Waals surface area contributed by atoms with Gasteiger partial charge in [0.15, 0.2) is 0 Å². The van der Waals surface area contributed by atoms with Crippen molar-refractivity contribution >= 4 is 33.2 Å². The Kier molecular flexibility index (Phi) is 3.81. The number of fused-ring (bicyclic) bond motifs is 1. The Bertz CT molecular complexity index is 865. The summed E-state index contributed by atoms with van der Waals surface area (Å²) in [4.78, 5) is 24.5. The molecule has 0 N–H and O–H groups in total. The molecule has 0 saturated heterocycles. The average Bonchev–Trinajstić information content (AvgIpc) is 3.01. The van der Waals surface area contributed by atoms with Crippen LogP contribution in [-0.2, 0) is 4.74 Å². The maximum absolute atomic E-state index is 12.7. The summed E-state index contributed by atoms with van der Waals surface area (Å²) in [7, 11) is 1.32. The third-order valence-corrected chi connectivity index (χ3v) is 3.92. The maximum Gasteiger partial charge on any atom is 0.338 e. The van der Waals surface area contributed by atoms with Crippen molar-refractivity contribution in [1.82, 2.24) is 4.40 Å². The minimum Gasteiger partial charge on any atom is -0.465 e. The molecule has 0 aliphatic heterocycles. The highest BCUT2D eigenvalue weighted by Crippen LogP contribution is 2.19. The Balaban J connectivity index is 2.16. The summed E-state index contributed by atoms with van der Waals surface area (Å²) in [6.45, 7) is 0. The zero-order chi connectivity index (χ0) is 15.7. The van der Waals surface area contributed by atoms with Gasteiger partial charge in [0.2, 0.25) is 5.78 Å². The molecule has 4 nitrogen and oxygen atoms in total. The molecule has 110 valence electrons. The van der Waals surface area contributed by atoms with E-state index < -0.39 is 5.97 Å². The number of rotatable bonds is 3. The van der Waals surface area contributed by atoms with Crippen molar-refractivity contribution in [2.75, 3.05) is 7.11 Å². The van der Waals surface area contributed by atoms with Crippen LogP contribution in [0.25, 0.3) is 5.52 Å². The Labute approximate surface area is 135 Å². The number of hydrogen-bond donors (Lipinski definition) is 0. The van der Waals surface area contributed by atoms with Crippen LogP contribution in [0.2, 0.25) is 0 Å². The van der Waals surface area contributed by atoms with E-state index in [2.05, 4.69) is 15.9 Å². The number of hydrogen-bond acceptors (Lipinski definition) is 3. The Morgan fingerprint density at radius 3 is 2.45 bits per heavy atom. The average molecular weight is 358 g/mol. The first kappa shape index (κ1) is 14.5.